The molecule has 0 unspecified atom stereocenters. The van der Waals surface area contributed by atoms with E-state index in [0.29, 0.717) is 77.9 Å². The number of halogens is 6. The summed E-state index contributed by atoms with van der Waals surface area (Å²) in [5.41, 5.74) is 13.7. The van der Waals surface area contributed by atoms with Crippen LogP contribution >= 0.6 is 34.8 Å². The maximum atomic E-state index is 14.2. The highest BCUT2D eigenvalue weighted by molar-refractivity contribution is 6.31. The Balaban J connectivity index is 0.000000129. The topological polar surface area (TPSA) is 331 Å². The molecule has 21 nitrogen and oxygen atoms in total. The van der Waals surface area contributed by atoms with Gasteiger partial charge in [0, 0.05) is 37.3 Å². The molecular formula is C69H68Cl3F3N14O7. The molecule has 3 aromatic carbocycles. The van der Waals surface area contributed by atoms with Gasteiger partial charge in [-0.25, -0.2) is 28.1 Å². The highest BCUT2D eigenvalue weighted by Crippen LogP contribution is 2.48. The Kier molecular flexibility index (Phi) is 20.0. The fraction of sp³-hybridized carbons (Fsp3) is 0.391. The van der Waals surface area contributed by atoms with Gasteiger partial charge in [0.05, 0.1) is 67.7 Å². The maximum Gasteiger partial charge on any atom is 0.261 e. The van der Waals surface area contributed by atoms with Crippen molar-refractivity contribution in [2.75, 3.05) is 48.7 Å². The smallest absolute Gasteiger partial charge is 0.261 e. The van der Waals surface area contributed by atoms with Gasteiger partial charge in [0.2, 0.25) is 0 Å². The molecule has 27 heteroatoms. The van der Waals surface area contributed by atoms with E-state index in [9.17, 15) is 41.9 Å². The molecule has 15 rings (SSSR count). The van der Waals surface area contributed by atoms with Crippen LogP contribution in [-0.4, -0.2) is 125 Å². The number of nitrogens with zero attached hydrogens (tertiary/aromatic N) is 9. The fourth-order valence-corrected chi connectivity index (χ4v) is 11.1. The van der Waals surface area contributed by atoms with Crippen LogP contribution in [0.15, 0.2) is 91.0 Å². The Morgan fingerprint density at radius 1 is 0.479 bits per heavy atom. The van der Waals surface area contributed by atoms with E-state index in [1.165, 1.54) is 27.5 Å². The van der Waals surface area contributed by atoms with E-state index < -0.39 is 23.0 Å². The number of amides is 6. The third-order valence-electron chi connectivity index (χ3n) is 18.5. The number of hydrogen-bond acceptors (Lipinski definition) is 18. The number of aromatic nitrogens is 3. The second kappa shape index (κ2) is 27.6. The predicted octanol–water partition coefficient (Wildman–Crippen LogP) is 11.4. The highest BCUT2D eigenvalue weighted by atomic mass is 35.5. The number of nitriles is 3. The largest absolute Gasteiger partial charge is 0.396 e. The number of benzene rings is 3. The molecule has 498 valence electrons. The number of imide groups is 3. The lowest BCUT2D eigenvalue weighted by atomic mass is 10.1. The highest BCUT2D eigenvalue weighted by Gasteiger charge is 2.51. The molecule has 9 aliphatic rings. The average molecular weight is 1370 g/mol. The zero-order valence-corrected chi connectivity index (χ0v) is 55.0. The third kappa shape index (κ3) is 15.7. The first-order valence-corrected chi connectivity index (χ1v) is 32.3. The molecule has 0 atom stereocenters. The molecule has 3 aliphatic heterocycles. The first-order chi connectivity index (χ1) is 45.6. The molecule has 0 spiro atoms. The van der Waals surface area contributed by atoms with Crippen LogP contribution in [0.25, 0.3) is 0 Å². The van der Waals surface area contributed by atoms with Crippen LogP contribution in [0.4, 0.5) is 30.6 Å². The summed E-state index contributed by atoms with van der Waals surface area (Å²) in [6.07, 6.45) is 12.5. The van der Waals surface area contributed by atoms with Crippen molar-refractivity contribution in [3.05, 3.63) is 174 Å². The summed E-state index contributed by atoms with van der Waals surface area (Å²) in [7, 11) is 0. The Morgan fingerprint density at radius 3 is 1.02 bits per heavy atom. The van der Waals surface area contributed by atoms with Crippen LogP contribution in [-0.2, 0) is 0 Å². The number of hydrogen-bond donors (Lipinski definition) is 6. The molecule has 96 heavy (non-hydrogen) atoms. The van der Waals surface area contributed by atoms with Gasteiger partial charge in [-0.1, -0.05) is 92.0 Å². The quantitative estimate of drug-likeness (QED) is 0.0411. The van der Waals surface area contributed by atoms with Crippen LogP contribution in [0.3, 0.4) is 0 Å². The molecule has 0 bridgehead atoms. The van der Waals surface area contributed by atoms with Crippen molar-refractivity contribution in [3.63, 3.8) is 0 Å². The zero-order valence-electron chi connectivity index (χ0n) is 52.7. The Hall–Kier alpha value is -9.06. The second-order valence-corrected chi connectivity index (χ2v) is 27.5. The first-order valence-electron chi connectivity index (χ1n) is 31.2. The van der Waals surface area contributed by atoms with Crippen LogP contribution < -0.4 is 27.4 Å². The van der Waals surface area contributed by atoms with Crippen molar-refractivity contribution in [1.82, 2.24) is 29.7 Å². The first kappa shape index (κ1) is 69.8. The van der Waals surface area contributed by atoms with E-state index in [4.69, 9.17) is 67.2 Å². The molecule has 6 aromatic rings. The normalized spacial score (nSPS) is 18.9. The number of anilines is 3. The molecule has 0 saturated heterocycles. The number of aliphatic hydroxyl groups is 1. The Bertz CT molecular complexity index is 3980. The summed E-state index contributed by atoms with van der Waals surface area (Å²) < 4.78 is 41.3. The minimum Gasteiger partial charge on any atom is -0.396 e. The average Bonchev–Trinajstić information content (AvgIpc) is 1.62. The lowest BCUT2D eigenvalue weighted by Gasteiger charge is -2.24. The van der Waals surface area contributed by atoms with Gasteiger partial charge in [-0.05, 0) is 149 Å². The summed E-state index contributed by atoms with van der Waals surface area (Å²) >= 11 is 17.3. The number of carbonyl (C=O) groups is 6. The molecule has 8 N–H and O–H groups in total. The van der Waals surface area contributed by atoms with E-state index in [1.54, 1.807) is 91.0 Å². The summed E-state index contributed by atoms with van der Waals surface area (Å²) in [5.74, 6) is -3.11. The lowest BCUT2D eigenvalue weighted by molar-refractivity contribution is 0.0615. The number of fused-ring (bicyclic) bond motifs is 3. The van der Waals surface area contributed by atoms with Gasteiger partial charge in [0.1, 0.15) is 33.7 Å². The Morgan fingerprint density at radius 2 is 0.771 bits per heavy atom. The van der Waals surface area contributed by atoms with Gasteiger partial charge in [-0.15, -0.1) is 0 Å². The van der Waals surface area contributed by atoms with Crippen LogP contribution in [0.5, 0.6) is 0 Å². The number of carbonyl (C=O) groups excluding carboxylic acids is 6. The van der Waals surface area contributed by atoms with Crippen molar-refractivity contribution >= 4 is 87.7 Å². The van der Waals surface area contributed by atoms with Crippen molar-refractivity contribution in [2.45, 2.75) is 126 Å². The standard InChI is InChI=1S/C18H12ClFN4O2.C13H13NO2.C12H12N2O2.C11H11ClFN3.C10H10ClFN4.C5H10O/c19-14-10(8-21)7-13(20)15(22-14)23-18(5-6-18)9-24-16(25)11-3-1-2-4-12(11)17(24)26;1-13(6-7-13)8-14-11(15)9-4-2-3-5-10(9)12(14)16;13-12(5-6-12)7-14-10(15)8-3-1-2-4-9(8)11(14)16;1-2-11(3-4-11)16-10-8(13)5-7(6-14)9(12)15-10;11-8-6(4-13)3-7(12)9(15-8)16-10(5-14)1-2-10;1-5(4-6)2-3-5/h1-4,7H,5-6,9H2,(H,22,23);2-5H,6-8H2,1H3;1-4H,5-7,13H2;5H,2-4H2,1H3,(H,15,16);3H,1-2,5,14H2,(H,15,16);6H,2-4H2,1H3. The summed E-state index contributed by atoms with van der Waals surface area (Å²) in [6.45, 7) is 8.10. The molecule has 6 amide bonds. The van der Waals surface area contributed by atoms with E-state index in [1.807, 2.05) is 6.92 Å². The van der Waals surface area contributed by atoms with Crippen LogP contribution in [0, 0.1) is 62.3 Å². The number of nitrogens with two attached hydrogens (primary N) is 2. The van der Waals surface area contributed by atoms with Gasteiger partial charge in [0.25, 0.3) is 35.4 Å². The van der Waals surface area contributed by atoms with Crippen molar-refractivity contribution in [1.29, 1.82) is 15.8 Å². The number of nitrogens with one attached hydrogen (secondary N) is 3. The zero-order chi connectivity index (χ0) is 69.3. The van der Waals surface area contributed by atoms with E-state index in [-0.39, 0.29) is 114 Å². The van der Waals surface area contributed by atoms with Gasteiger partial charge in [0.15, 0.2) is 34.9 Å². The maximum absolute atomic E-state index is 14.2. The van der Waals surface area contributed by atoms with Crippen molar-refractivity contribution in [2.24, 2.45) is 22.3 Å². The number of pyridine rings is 3. The SMILES string of the molecule is CC1(CN2C(=O)c3ccccc3C2=O)CC1.CC1(CO)CC1.CCC1(Nc2nc(Cl)c(C#N)cc2F)CC1.N#Cc1cc(F)c(NC2(CN)CC2)nc1Cl.N#Cc1cc(F)c(NC2(CN3C(=O)c4ccccc4C3=O)CC2)nc1Cl.NC1(CN2C(=O)c3ccccc3C2=O)CC1. The van der Waals surface area contributed by atoms with E-state index in [0.717, 1.165) is 76.0 Å². The summed E-state index contributed by atoms with van der Waals surface area (Å²) in [4.78, 5) is 88.4. The summed E-state index contributed by atoms with van der Waals surface area (Å²) in [5, 5.41) is 43.5. The van der Waals surface area contributed by atoms with Crippen molar-refractivity contribution in [3.8, 4) is 18.2 Å². The van der Waals surface area contributed by atoms with Crippen molar-refractivity contribution < 1.29 is 47.0 Å². The van der Waals surface area contributed by atoms with Gasteiger partial charge in [-0.3, -0.25) is 43.5 Å². The minimum atomic E-state index is -0.709. The summed E-state index contributed by atoms with van der Waals surface area (Å²) in [6, 6.07) is 29.1. The molecule has 6 heterocycles. The Labute approximate surface area is 566 Å². The minimum absolute atomic E-state index is 0.000721. The van der Waals surface area contributed by atoms with Gasteiger partial charge >= 0.3 is 0 Å². The molecule has 6 fully saturated rings. The predicted molar refractivity (Wildman–Crippen MR) is 351 cm³/mol. The number of rotatable bonds is 15. The van der Waals surface area contributed by atoms with Crippen LogP contribution in [0.2, 0.25) is 15.5 Å². The number of aliphatic hydroxyl groups excluding tert-OH is 1. The van der Waals surface area contributed by atoms with Crippen LogP contribution in [0.1, 0.15) is 183 Å². The molecule has 6 aliphatic carbocycles. The molecule has 6 saturated carbocycles. The van der Waals surface area contributed by atoms with E-state index >= 15 is 0 Å². The molecular weight excluding hydrogens is 1300 g/mol. The monoisotopic (exact) mass is 1370 g/mol. The van der Waals surface area contributed by atoms with E-state index in [2.05, 4.69) is 44.7 Å². The van der Waals surface area contributed by atoms with Gasteiger partial charge < -0.3 is 32.5 Å². The van der Waals surface area contributed by atoms with Gasteiger partial charge in [-0.2, -0.15) is 15.8 Å². The third-order valence-corrected chi connectivity index (χ3v) is 19.4. The molecule has 0 radical (unpaired) electrons. The second-order valence-electron chi connectivity index (χ2n) is 26.4. The molecule has 3 aromatic heterocycles. The lowest BCUT2D eigenvalue weighted by Crippen LogP contribution is -2.42. The fourth-order valence-electron chi connectivity index (χ4n) is 10.6.